The number of likely N-dealkylation sites (tertiary alicyclic amines) is 1. The number of benzene rings is 2. The van der Waals surface area contributed by atoms with Crippen LogP contribution < -0.4 is 0 Å². The Kier molecular flexibility index (Phi) is 4.24. The van der Waals surface area contributed by atoms with E-state index in [2.05, 4.69) is 12.1 Å². The van der Waals surface area contributed by atoms with E-state index in [0.29, 0.717) is 9.13 Å². The highest BCUT2D eigenvalue weighted by Crippen LogP contribution is 2.24. The van der Waals surface area contributed by atoms with Crippen LogP contribution in [0.15, 0.2) is 48.5 Å². The summed E-state index contributed by atoms with van der Waals surface area (Å²) >= 11 is 1.92. The summed E-state index contributed by atoms with van der Waals surface area (Å²) in [5.41, 5.74) is 1.67. The third kappa shape index (κ3) is 3.10. The van der Waals surface area contributed by atoms with Gasteiger partial charge in [0.2, 0.25) is 0 Å². The van der Waals surface area contributed by atoms with Gasteiger partial charge in [0.15, 0.2) is 0 Å². The number of amides is 1. The molecule has 1 aliphatic heterocycles. The van der Waals surface area contributed by atoms with Crippen molar-refractivity contribution in [2.45, 2.75) is 18.9 Å². The Balaban J connectivity index is 1.71. The van der Waals surface area contributed by atoms with Crippen molar-refractivity contribution in [3.63, 3.8) is 0 Å². The smallest absolute Gasteiger partial charge is 0.254 e. The molecule has 0 aromatic heterocycles. The van der Waals surface area contributed by atoms with Gasteiger partial charge in [0, 0.05) is 21.7 Å². The van der Waals surface area contributed by atoms with Crippen molar-refractivity contribution in [2.24, 2.45) is 0 Å². The molecule has 2 aromatic carbocycles. The van der Waals surface area contributed by atoms with Crippen LogP contribution in [-0.2, 0) is 6.42 Å². The van der Waals surface area contributed by atoms with Crippen molar-refractivity contribution in [2.75, 3.05) is 6.54 Å². The van der Waals surface area contributed by atoms with E-state index in [0.717, 1.165) is 19.4 Å². The van der Waals surface area contributed by atoms with Crippen LogP contribution in [0.25, 0.3) is 0 Å². The molecule has 1 fully saturated rings. The number of carbonyl (C=O) groups is 1. The van der Waals surface area contributed by atoms with Crippen LogP contribution in [0.2, 0.25) is 0 Å². The predicted octanol–water partition coefficient (Wildman–Crippen LogP) is 3.89. The molecule has 0 saturated carbocycles. The van der Waals surface area contributed by atoms with Crippen LogP contribution >= 0.6 is 22.6 Å². The highest BCUT2D eigenvalue weighted by atomic mass is 127. The van der Waals surface area contributed by atoms with E-state index in [-0.39, 0.29) is 17.8 Å². The van der Waals surface area contributed by atoms with Crippen molar-refractivity contribution in [3.8, 4) is 0 Å². The molecule has 3 rings (SSSR count). The molecule has 0 bridgehead atoms. The molecule has 1 heterocycles. The number of halogens is 2. The fourth-order valence-corrected chi connectivity index (χ4v) is 2.94. The summed E-state index contributed by atoms with van der Waals surface area (Å²) in [6, 6.07) is 15.1. The van der Waals surface area contributed by atoms with Gasteiger partial charge in [0.05, 0.1) is 0 Å². The standard InChI is InChI=1S/C17H15FINO/c18-15-11-13(6-7-16(15)19)17(21)20-9-8-14(20)10-12-4-2-1-3-5-12/h1-7,11,14H,8-10H2. The van der Waals surface area contributed by atoms with Gasteiger partial charge in [-0.05, 0) is 59.2 Å². The van der Waals surface area contributed by atoms with Gasteiger partial charge in [-0.25, -0.2) is 4.39 Å². The summed E-state index contributed by atoms with van der Waals surface area (Å²) in [7, 11) is 0. The summed E-state index contributed by atoms with van der Waals surface area (Å²) in [5.74, 6) is -0.404. The highest BCUT2D eigenvalue weighted by molar-refractivity contribution is 14.1. The first-order chi connectivity index (χ1) is 10.1. The van der Waals surface area contributed by atoms with Gasteiger partial charge in [-0.2, -0.15) is 0 Å². The van der Waals surface area contributed by atoms with Crippen molar-refractivity contribution in [1.82, 2.24) is 4.90 Å². The van der Waals surface area contributed by atoms with Crippen molar-refractivity contribution >= 4 is 28.5 Å². The molecule has 1 saturated heterocycles. The monoisotopic (exact) mass is 395 g/mol. The molecule has 1 amide bonds. The quantitative estimate of drug-likeness (QED) is 0.723. The molecule has 0 spiro atoms. The maximum atomic E-state index is 13.6. The summed E-state index contributed by atoms with van der Waals surface area (Å²) in [4.78, 5) is 14.3. The Morgan fingerprint density at radius 2 is 2.00 bits per heavy atom. The van der Waals surface area contributed by atoms with Gasteiger partial charge in [-0.1, -0.05) is 30.3 Å². The van der Waals surface area contributed by atoms with Crippen LogP contribution in [0.4, 0.5) is 4.39 Å². The fraction of sp³-hybridized carbons (Fsp3) is 0.235. The van der Waals surface area contributed by atoms with Gasteiger partial charge in [-0.15, -0.1) is 0 Å². The van der Waals surface area contributed by atoms with E-state index >= 15 is 0 Å². The van der Waals surface area contributed by atoms with E-state index in [1.54, 1.807) is 12.1 Å². The second-order valence-electron chi connectivity index (χ2n) is 5.26. The average Bonchev–Trinajstić information content (AvgIpc) is 2.47. The lowest BCUT2D eigenvalue weighted by atomic mass is 9.94. The zero-order valence-corrected chi connectivity index (χ0v) is 13.6. The van der Waals surface area contributed by atoms with Crippen LogP contribution in [0, 0.1) is 9.39 Å². The Bertz CT molecular complexity index is 659. The number of nitrogens with zero attached hydrogens (tertiary/aromatic N) is 1. The molecule has 108 valence electrons. The summed E-state index contributed by atoms with van der Waals surface area (Å²) in [5, 5.41) is 0. The Hall–Kier alpha value is -1.43. The van der Waals surface area contributed by atoms with Crippen molar-refractivity contribution in [1.29, 1.82) is 0 Å². The second kappa shape index (κ2) is 6.13. The van der Waals surface area contributed by atoms with Crippen LogP contribution in [0.1, 0.15) is 22.3 Å². The van der Waals surface area contributed by atoms with E-state index in [4.69, 9.17) is 0 Å². The molecule has 1 unspecified atom stereocenters. The van der Waals surface area contributed by atoms with E-state index in [9.17, 15) is 9.18 Å². The Morgan fingerprint density at radius 3 is 2.62 bits per heavy atom. The molecule has 2 aromatic rings. The summed E-state index contributed by atoms with van der Waals surface area (Å²) < 4.78 is 14.1. The SMILES string of the molecule is O=C(c1ccc(I)c(F)c1)N1CCC1Cc1ccccc1. The Labute approximate surface area is 137 Å². The predicted molar refractivity (Wildman–Crippen MR) is 88.7 cm³/mol. The normalized spacial score (nSPS) is 17.4. The molecule has 0 aliphatic carbocycles. The fourth-order valence-electron chi connectivity index (χ4n) is 2.60. The lowest BCUT2D eigenvalue weighted by Gasteiger charge is -2.41. The third-order valence-electron chi connectivity index (χ3n) is 3.89. The molecule has 21 heavy (non-hydrogen) atoms. The lowest BCUT2D eigenvalue weighted by Crippen LogP contribution is -2.52. The first-order valence-corrected chi connectivity index (χ1v) is 8.03. The maximum absolute atomic E-state index is 13.6. The molecular formula is C17H15FINO. The summed E-state index contributed by atoms with van der Waals surface area (Å²) in [6.07, 6.45) is 1.87. The zero-order chi connectivity index (χ0) is 14.8. The summed E-state index contributed by atoms with van der Waals surface area (Å²) in [6.45, 7) is 0.754. The largest absolute Gasteiger partial charge is 0.335 e. The topological polar surface area (TPSA) is 20.3 Å². The average molecular weight is 395 g/mol. The molecular weight excluding hydrogens is 380 g/mol. The van der Waals surface area contributed by atoms with Crippen LogP contribution in [0.3, 0.4) is 0 Å². The second-order valence-corrected chi connectivity index (χ2v) is 6.42. The highest BCUT2D eigenvalue weighted by Gasteiger charge is 2.32. The van der Waals surface area contributed by atoms with E-state index in [1.807, 2.05) is 45.7 Å². The molecule has 4 heteroatoms. The molecule has 0 N–H and O–H groups in total. The van der Waals surface area contributed by atoms with Gasteiger partial charge in [0.1, 0.15) is 5.82 Å². The van der Waals surface area contributed by atoms with Crippen LogP contribution in [-0.4, -0.2) is 23.4 Å². The molecule has 1 aliphatic rings. The number of carbonyl (C=O) groups excluding carboxylic acids is 1. The van der Waals surface area contributed by atoms with Gasteiger partial charge in [-0.3, -0.25) is 4.79 Å². The van der Waals surface area contributed by atoms with Crippen LogP contribution in [0.5, 0.6) is 0 Å². The van der Waals surface area contributed by atoms with Gasteiger partial charge in [0.25, 0.3) is 5.91 Å². The van der Waals surface area contributed by atoms with Gasteiger partial charge >= 0.3 is 0 Å². The van der Waals surface area contributed by atoms with E-state index in [1.165, 1.54) is 11.6 Å². The zero-order valence-electron chi connectivity index (χ0n) is 11.4. The van der Waals surface area contributed by atoms with Gasteiger partial charge < -0.3 is 4.90 Å². The first kappa shape index (κ1) is 14.5. The molecule has 2 nitrogen and oxygen atoms in total. The molecule has 1 atom stereocenters. The van der Waals surface area contributed by atoms with E-state index < -0.39 is 0 Å². The first-order valence-electron chi connectivity index (χ1n) is 6.95. The third-order valence-corrected chi connectivity index (χ3v) is 4.76. The molecule has 0 radical (unpaired) electrons. The minimum absolute atomic E-state index is 0.0718. The van der Waals surface area contributed by atoms with Crippen molar-refractivity contribution < 1.29 is 9.18 Å². The Morgan fingerprint density at radius 1 is 1.24 bits per heavy atom. The number of hydrogen-bond donors (Lipinski definition) is 0. The minimum Gasteiger partial charge on any atom is -0.335 e. The van der Waals surface area contributed by atoms with Crippen molar-refractivity contribution in [3.05, 3.63) is 69.0 Å². The number of hydrogen-bond acceptors (Lipinski definition) is 1. The minimum atomic E-state index is -0.332. The maximum Gasteiger partial charge on any atom is 0.254 e. The lowest BCUT2D eigenvalue weighted by molar-refractivity contribution is 0.0464. The number of rotatable bonds is 3.